The molecule has 0 saturated carbocycles. The average molecular weight is 448 g/mol. The molecule has 0 aromatic heterocycles. The van der Waals surface area contributed by atoms with Crippen LogP contribution in [0.3, 0.4) is 0 Å². The lowest BCUT2D eigenvalue weighted by Crippen LogP contribution is -2.05. The van der Waals surface area contributed by atoms with Gasteiger partial charge in [0.2, 0.25) is 5.90 Å². The molecule has 0 atom stereocenters. The van der Waals surface area contributed by atoms with Crippen LogP contribution in [0.15, 0.2) is 77.4 Å². The van der Waals surface area contributed by atoms with Crippen molar-refractivity contribution in [1.29, 1.82) is 0 Å². The van der Waals surface area contributed by atoms with Crippen LogP contribution in [0.25, 0.3) is 6.08 Å². The van der Waals surface area contributed by atoms with Crippen LogP contribution in [0.2, 0.25) is 5.02 Å². The first kappa shape index (κ1) is 21.7. The van der Waals surface area contributed by atoms with E-state index in [0.717, 1.165) is 16.7 Å². The average Bonchev–Trinajstić information content (AvgIpc) is 3.15. The zero-order valence-electron chi connectivity index (χ0n) is 17.8. The number of hydrogen-bond donors (Lipinski definition) is 0. The van der Waals surface area contributed by atoms with Crippen LogP contribution in [0, 0.1) is 6.92 Å². The predicted octanol–water partition coefficient (Wildman–Crippen LogP) is 5.97. The van der Waals surface area contributed by atoms with E-state index in [-0.39, 0.29) is 11.6 Å². The minimum atomic E-state index is -0.516. The molecule has 0 aliphatic carbocycles. The van der Waals surface area contributed by atoms with Gasteiger partial charge in [-0.25, -0.2) is 9.79 Å². The third-order valence-electron chi connectivity index (χ3n) is 4.91. The Hall–Kier alpha value is -3.57. The van der Waals surface area contributed by atoms with Crippen molar-refractivity contribution in [1.82, 2.24) is 0 Å². The number of benzene rings is 3. The second-order valence-corrected chi connectivity index (χ2v) is 7.59. The first-order valence-corrected chi connectivity index (χ1v) is 10.6. The van der Waals surface area contributed by atoms with E-state index in [2.05, 4.69) is 4.99 Å². The summed E-state index contributed by atoms with van der Waals surface area (Å²) in [5, 5.41) is 0.384. The second-order valence-electron chi connectivity index (χ2n) is 7.18. The molecule has 0 fully saturated rings. The molecule has 0 radical (unpaired) electrons. The quantitative estimate of drug-likeness (QED) is 0.330. The summed E-state index contributed by atoms with van der Waals surface area (Å²) in [4.78, 5) is 16.7. The molecule has 0 bridgehead atoms. The van der Waals surface area contributed by atoms with Crippen molar-refractivity contribution < 1.29 is 19.0 Å². The highest BCUT2D eigenvalue weighted by Gasteiger charge is 2.24. The number of nitrogens with zero attached hydrogens (tertiary/aromatic N) is 1. The van der Waals surface area contributed by atoms with Crippen LogP contribution >= 0.6 is 11.6 Å². The van der Waals surface area contributed by atoms with Crippen molar-refractivity contribution in [3.63, 3.8) is 0 Å². The molecule has 3 aromatic rings. The van der Waals surface area contributed by atoms with Gasteiger partial charge in [-0.05, 0) is 60.9 Å². The molecule has 1 heterocycles. The van der Waals surface area contributed by atoms with Crippen molar-refractivity contribution in [3.05, 3.63) is 99.7 Å². The number of halogens is 1. The topological polar surface area (TPSA) is 57.1 Å². The van der Waals surface area contributed by atoms with E-state index in [1.807, 2.05) is 68.4 Å². The number of carbonyl (C=O) groups is 1. The Morgan fingerprint density at radius 2 is 1.78 bits per heavy atom. The van der Waals surface area contributed by atoms with Gasteiger partial charge in [0.25, 0.3) is 0 Å². The monoisotopic (exact) mass is 447 g/mol. The molecule has 4 rings (SSSR count). The fraction of sp³-hybridized carbons (Fsp3) is 0.154. The Balaban J connectivity index is 1.62. The third-order valence-corrected chi connectivity index (χ3v) is 5.19. The second kappa shape index (κ2) is 9.71. The molecule has 162 valence electrons. The van der Waals surface area contributed by atoms with Crippen LogP contribution in [0.5, 0.6) is 11.5 Å². The van der Waals surface area contributed by atoms with Crippen LogP contribution in [0.4, 0.5) is 0 Å². The van der Waals surface area contributed by atoms with Gasteiger partial charge in [-0.2, -0.15) is 0 Å². The lowest BCUT2D eigenvalue weighted by atomic mass is 10.1. The Morgan fingerprint density at radius 1 is 1.03 bits per heavy atom. The van der Waals surface area contributed by atoms with Gasteiger partial charge in [-0.3, -0.25) is 0 Å². The molecule has 6 heteroatoms. The van der Waals surface area contributed by atoms with E-state index >= 15 is 0 Å². The lowest BCUT2D eigenvalue weighted by Gasteiger charge is -2.15. The molecule has 32 heavy (non-hydrogen) atoms. The first-order valence-electron chi connectivity index (χ1n) is 10.3. The summed E-state index contributed by atoms with van der Waals surface area (Å²) >= 11 is 6.54. The highest BCUT2D eigenvalue weighted by Crippen LogP contribution is 2.38. The molecule has 0 amide bonds. The number of aliphatic imine (C=N–C) groups is 1. The molecule has 1 aliphatic heterocycles. The predicted molar refractivity (Wildman–Crippen MR) is 125 cm³/mol. The van der Waals surface area contributed by atoms with E-state index in [9.17, 15) is 4.79 Å². The van der Waals surface area contributed by atoms with E-state index in [4.69, 9.17) is 25.8 Å². The standard InChI is InChI=1S/C26H22ClNO4/c1-3-30-23-15-18(13-21(27)24(23)31-16-20-12-8-7-9-17(20)2)14-22-26(29)32-25(28-22)19-10-5-4-6-11-19/h4-15H,3,16H2,1-2H3. The summed E-state index contributed by atoms with van der Waals surface area (Å²) in [5.41, 5.74) is 3.78. The molecule has 0 spiro atoms. The van der Waals surface area contributed by atoms with E-state index in [1.54, 1.807) is 18.2 Å². The first-order chi connectivity index (χ1) is 15.5. The molecule has 0 saturated heterocycles. The van der Waals surface area contributed by atoms with Gasteiger partial charge in [-0.1, -0.05) is 54.1 Å². The van der Waals surface area contributed by atoms with Gasteiger partial charge in [0.05, 0.1) is 11.6 Å². The van der Waals surface area contributed by atoms with Crippen molar-refractivity contribution in [2.45, 2.75) is 20.5 Å². The maximum absolute atomic E-state index is 12.3. The van der Waals surface area contributed by atoms with Gasteiger partial charge >= 0.3 is 5.97 Å². The van der Waals surface area contributed by atoms with Crippen LogP contribution in [-0.2, 0) is 16.1 Å². The van der Waals surface area contributed by atoms with Crippen molar-refractivity contribution >= 4 is 29.5 Å². The molecule has 3 aromatic carbocycles. The highest BCUT2D eigenvalue weighted by atomic mass is 35.5. The van der Waals surface area contributed by atoms with E-state index < -0.39 is 5.97 Å². The summed E-state index contributed by atoms with van der Waals surface area (Å²) in [6, 6.07) is 20.8. The fourth-order valence-electron chi connectivity index (χ4n) is 3.27. The maximum atomic E-state index is 12.3. The van der Waals surface area contributed by atoms with Crippen LogP contribution in [0.1, 0.15) is 29.2 Å². The summed E-state index contributed by atoms with van der Waals surface area (Å²) in [6.45, 7) is 4.72. The molecule has 1 aliphatic rings. The minimum Gasteiger partial charge on any atom is -0.490 e. The summed E-state index contributed by atoms with van der Waals surface area (Å²) in [5.74, 6) is 0.717. The van der Waals surface area contributed by atoms with Crippen LogP contribution < -0.4 is 9.47 Å². The number of ether oxygens (including phenoxy) is 3. The number of aryl methyl sites for hydroxylation is 1. The van der Waals surface area contributed by atoms with Gasteiger partial charge in [0, 0.05) is 5.56 Å². The van der Waals surface area contributed by atoms with Gasteiger partial charge in [0.15, 0.2) is 17.2 Å². The largest absolute Gasteiger partial charge is 0.490 e. The molecular weight excluding hydrogens is 426 g/mol. The number of esters is 1. The number of hydrogen-bond acceptors (Lipinski definition) is 5. The summed E-state index contributed by atoms with van der Waals surface area (Å²) < 4.78 is 17.1. The maximum Gasteiger partial charge on any atom is 0.363 e. The highest BCUT2D eigenvalue weighted by molar-refractivity contribution is 6.32. The van der Waals surface area contributed by atoms with Gasteiger partial charge < -0.3 is 14.2 Å². The summed E-state index contributed by atoms with van der Waals surface area (Å²) in [6.07, 6.45) is 1.62. The SMILES string of the molecule is CCOc1cc(C=C2N=C(c3ccccc3)OC2=O)cc(Cl)c1OCc1ccccc1C. The lowest BCUT2D eigenvalue weighted by molar-refractivity contribution is -0.129. The normalized spacial score (nSPS) is 14.3. The third kappa shape index (κ3) is 4.84. The number of cyclic esters (lactones) is 1. The zero-order chi connectivity index (χ0) is 22.5. The van der Waals surface area contributed by atoms with Crippen molar-refractivity contribution in [3.8, 4) is 11.5 Å². The number of carbonyl (C=O) groups excluding carboxylic acids is 1. The minimum absolute atomic E-state index is 0.191. The Kier molecular flexibility index (Phi) is 6.57. The Bertz CT molecular complexity index is 1200. The molecular formula is C26H22ClNO4. The number of rotatable bonds is 7. The van der Waals surface area contributed by atoms with Gasteiger partial charge in [0.1, 0.15) is 6.61 Å². The summed E-state index contributed by atoms with van der Waals surface area (Å²) in [7, 11) is 0. The van der Waals surface area contributed by atoms with Gasteiger partial charge in [-0.15, -0.1) is 0 Å². The fourth-order valence-corrected chi connectivity index (χ4v) is 3.54. The van der Waals surface area contributed by atoms with Crippen molar-refractivity contribution in [2.75, 3.05) is 6.61 Å². The molecule has 0 N–H and O–H groups in total. The Morgan fingerprint density at radius 3 is 2.53 bits per heavy atom. The van der Waals surface area contributed by atoms with Crippen molar-refractivity contribution in [2.24, 2.45) is 4.99 Å². The van der Waals surface area contributed by atoms with E-state index in [0.29, 0.717) is 35.3 Å². The molecule has 0 unspecified atom stereocenters. The van der Waals surface area contributed by atoms with E-state index in [1.165, 1.54) is 0 Å². The Labute approximate surface area is 191 Å². The smallest absolute Gasteiger partial charge is 0.363 e. The van der Waals surface area contributed by atoms with Crippen LogP contribution in [-0.4, -0.2) is 18.5 Å². The molecule has 5 nitrogen and oxygen atoms in total. The zero-order valence-corrected chi connectivity index (χ0v) is 18.6.